The molecule has 4 rings (SSSR count). The maximum absolute atomic E-state index is 7.32. The fourth-order valence-corrected chi connectivity index (χ4v) is 5.04. The molecule has 2 aromatic rings. The molecule has 31 heavy (non-hydrogen) atoms. The van der Waals surface area contributed by atoms with E-state index < -0.39 is 0 Å². The number of halogens is 2. The highest BCUT2D eigenvalue weighted by atomic mass is 35.5. The number of nitriles is 1. The van der Waals surface area contributed by atoms with Crippen LogP contribution in [0, 0.1) is 11.3 Å². The Balaban J connectivity index is 0.000000858. The molecule has 0 aromatic heterocycles. The maximum atomic E-state index is 7.32. The Morgan fingerprint density at radius 1 is 0.968 bits per heavy atom. The molecule has 1 atom stereocenters. The monoisotopic (exact) mass is 456 g/mol. The summed E-state index contributed by atoms with van der Waals surface area (Å²) >= 11 is 13.8. The first-order valence-corrected chi connectivity index (χ1v) is 12.2. The summed E-state index contributed by atoms with van der Waals surface area (Å²) in [4.78, 5) is 2.23. The van der Waals surface area contributed by atoms with Crippen LogP contribution in [0.1, 0.15) is 74.6 Å². The molecule has 0 spiro atoms. The van der Waals surface area contributed by atoms with Gasteiger partial charge in [0.25, 0.3) is 0 Å². The highest BCUT2D eigenvalue weighted by Crippen LogP contribution is 2.58. The zero-order chi connectivity index (χ0) is 22.5. The summed E-state index contributed by atoms with van der Waals surface area (Å²) < 4.78 is 0. The zero-order valence-electron chi connectivity index (χ0n) is 19.0. The summed E-state index contributed by atoms with van der Waals surface area (Å²) in [6, 6.07) is 19.7. The standard InChI is InChI=1S/C25H31Cl2N.C2H3N/c1-3-20(28(2)18-19-8-5-4-6-9-19)12-13-21-22(24(26)14-15-24)10-7-11-23(21)25(27)16-17-25;1-2-3/h4-11,20H,3,12-18H2,1-2H3;1H3. The summed E-state index contributed by atoms with van der Waals surface area (Å²) in [7, 11) is 2.25. The Morgan fingerprint density at radius 2 is 1.48 bits per heavy atom. The van der Waals surface area contributed by atoms with Crippen LogP contribution in [0.25, 0.3) is 0 Å². The average Bonchev–Trinajstić information content (AvgIpc) is 3.69. The lowest BCUT2D eigenvalue weighted by Crippen LogP contribution is -2.31. The molecule has 2 aliphatic carbocycles. The van der Waals surface area contributed by atoms with Crippen molar-refractivity contribution in [1.82, 2.24) is 4.90 Å². The Bertz CT molecular complexity index is 859. The van der Waals surface area contributed by atoms with Gasteiger partial charge < -0.3 is 0 Å². The molecule has 0 N–H and O–H groups in total. The molecular weight excluding hydrogens is 423 g/mol. The van der Waals surface area contributed by atoms with E-state index in [0.29, 0.717) is 6.04 Å². The summed E-state index contributed by atoms with van der Waals surface area (Å²) in [5, 5.41) is 7.32. The predicted molar refractivity (Wildman–Crippen MR) is 132 cm³/mol. The fraction of sp³-hybridized carbons (Fsp3) is 0.519. The second-order valence-electron chi connectivity index (χ2n) is 8.99. The van der Waals surface area contributed by atoms with Crippen molar-refractivity contribution >= 4 is 23.2 Å². The van der Waals surface area contributed by atoms with E-state index in [1.54, 1.807) is 6.07 Å². The highest BCUT2D eigenvalue weighted by Gasteiger charge is 2.48. The van der Waals surface area contributed by atoms with Gasteiger partial charge in [0.15, 0.2) is 0 Å². The van der Waals surface area contributed by atoms with Crippen molar-refractivity contribution < 1.29 is 0 Å². The molecule has 2 aliphatic rings. The Labute approximate surface area is 198 Å². The summed E-state index contributed by atoms with van der Waals surface area (Å²) in [5.74, 6) is 0. The van der Waals surface area contributed by atoms with E-state index in [9.17, 15) is 0 Å². The van der Waals surface area contributed by atoms with Crippen molar-refractivity contribution in [2.45, 2.75) is 81.1 Å². The third-order valence-electron chi connectivity index (χ3n) is 6.62. The minimum Gasteiger partial charge on any atom is -0.299 e. The Kier molecular flexibility index (Phi) is 8.08. The fourth-order valence-electron chi connectivity index (χ4n) is 4.50. The molecule has 2 saturated carbocycles. The van der Waals surface area contributed by atoms with Crippen LogP contribution in [-0.2, 0) is 22.7 Å². The van der Waals surface area contributed by atoms with Gasteiger partial charge in [-0.2, -0.15) is 5.26 Å². The van der Waals surface area contributed by atoms with Gasteiger partial charge in [0.05, 0.1) is 15.8 Å². The van der Waals surface area contributed by atoms with Gasteiger partial charge in [0.2, 0.25) is 0 Å². The van der Waals surface area contributed by atoms with Crippen LogP contribution in [0.15, 0.2) is 48.5 Å². The third kappa shape index (κ3) is 6.04. The van der Waals surface area contributed by atoms with Gasteiger partial charge in [-0.1, -0.05) is 55.5 Å². The average molecular weight is 457 g/mol. The van der Waals surface area contributed by atoms with Crippen LogP contribution < -0.4 is 0 Å². The molecule has 4 heteroatoms. The Morgan fingerprint density at radius 3 is 1.94 bits per heavy atom. The van der Waals surface area contributed by atoms with Gasteiger partial charge in [-0.3, -0.25) is 4.90 Å². The second kappa shape index (κ2) is 10.4. The first-order valence-electron chi connectivity index (χ1n) is 11.4. The zero-order valence-corrected chi connectivity index (χ0v) is 20.5. The van der Waals surface area contributed by atoms with E-state index in [-0.39, 0.29) is 9.75 Å². The van der Waals surface area contributed by atoms with Crippen molar-refractivity contribution in [1.29, 1.82) is 5.26 Å². The van der Waals surface area contributed by atoms with Gasteiger partial charge in [-0.25, -0.2) is 0 Å². The van der Waals surface area contributed by atoms with Crippen LogP contribution in [0.5, 0.6) is 0 Å². The quantitative estimate of drug-likeness (QED) is 0.364. The largest absolute Gasteiger partial charge is 0.299 e. The molecule has 0 radical (unpaired) electrons. The van der Waals surface area contributed by atoms with E-state index in [2.05, 4.69) is 67.4 Å². The van der Waals surface area contributed by atoms with Crippen molar-refractivity contribution in [3.63, 3.8) is 0 Å². The molecule has 1 unspecified atom stereocenters. The number of hydrogen-bond acceptors (Lipinski definition) is 2. The molecule has 2 aromatic carbocycles. The smallest absolute Gasteiger partial charge is 0.0699 e. The highest BCUT2D eigenvalue weighted by molar-refractivity contribution is 6.27. The minimum atomic E-state index is -0.134. The first kappa shape index (κ1) is 24.1. The SMILES string of the molecule is CC#N.CCC(CCc1c(C2(Cl)CC2)cccc1C1(Cl)CC1)N(C)Cc1ccccc1. The molecule has 0 aliphatic heterocycles. The molecule has 2 nitrogen and oxygen atoms in total. The normalized spacial score (nSPS) is 18.5. The van der Waals surface area contributed by atoms with Crippen molar-refractivity contribution in [3.05, 3.63) is 70.8 Å². The van der Waals surface area contributed by atoms with E-state index in [4.69, 9.17) is 28.5 Å². The molecule has 0 saturated heterocycles. The van der Waals surface area contributed by atoms with Crippen molar-refractivity contribution in [2.75, 3.05) is 7.05 Å². The first-order chi connectivity index (χ1) is 14.9. The number of alkyl halides is 2. The number of benzene rings is 2. The lowest BCUT2D eigenvalue weighted by molar-refractivity contribution is 0.216. The topological polar surface area (TPSA) is 27.0 Å². The molecule has 0 heterocycles. The third-order valence-corrected chi connectivity index (χ3v) is 7.78. The lowest BCUT2D eigenvalue weighted by atomic mass is 9.89. The van der Waals surface area contributed by atoms with E-state index in [0.717, 1.165) is 51.5 Å². The van der Waals surface area contributed by atoms with Crippen molar-refractivity contribution in [2.24, 2.45) is 0 Å². The summed E-state index contributed by atoms with van der Waals surface area (Å²) in [5.41, 5.74) is 5.51. The van der Waals surface area contributed by atoms with E-state index in [1.807, 2.05) is 0 Å². The van der Waals surface area contributed by atoms with Crippen LogP contribution in [-0.4, -0.2) is 18.0 Å². The number of rotatable bonds is 9. The van der Waals surface area contributed by atoms with Crippen LogP contribution in [0.3, 0.4) is 0 Å². The van der Waals surface area contributed by atoms with Crippen LogP contribution >= 0.6 is 23.2 Å². The van der Waals surface area contributed by atoms with Crippen LogP contribution in [0.4, 0.5) is 0 Å². The molecule has 2 fully saturated rings. The minimum absolute atomic E-state index is 0.134. The molecular formula is C27H34Cl2N2. The molecule has 0 bridgehead atoms. The number of hydrogen-bond donors (Lipinski definition) is 0. The number of nitrogens with zero attached hydrogens (tertiary/aromatic N) is 2. The van der Waals surface area contributed by atoms with Crippen LogP contribution in [0.2, 0.25) is 0 Å². The van der Waals surface area contributed by atoms with Crippen molar-refractivity contribution in [3.8, 4) is 6.07 Å². The molecule has 166 valence electrons. The van der Waals surface area contributed by atoms with Gasteiger partial charge >= 0.3 is 0 Å². The Hall–Kier alpha value is -1.53. The second-order valence-corrected chi connectivity index (χ2v) is 10.4. The summed E-state index contributed by atoms with van der Waals surface area (Å²) in [6.45, 7) is 4.72. The maximum Gasteiger partial charge on any atom is 0.0699 e. The van der Waals surface area contributed by atoms with E-state index >= 15 is 0 Å². The molecule has 0 amide bonds. The van der Waals surface area contributed by atoms with Gasteiger partial charge in [0.1, 0.15) is 0 Å². The van der Waals surface area contributed by atoms with Gasteiger partial charge in [-0.15, -0.1) is 23.2 Å². The van der Waals surface area contributed by atoms with E-state index in [1.165, 1.54) is 29.2 Å². The van der Waals surface area contributed by atoms with Gasteiger partial charge in [0, 0.05) is 19.5 Å². The lowest BCUT2D eigenvalue weighted by Gasteiger charge is -2.29. The predicted octanol–water partition coefficient (Wildman–Crippen LogP) is 7.52. The summed E-state index contributed by atoms with van der Waals surface area (Å²) in [6.07, 6.45) is 7.71. The van der Waals surface area contributed by atoms with Gasteiger partial charge in [-0.05, 0) is 74.2 Å².